The van der Waals surface area contributed by atoms with Crippen LogP contribution in [0.1, 0.15) is 0 Å². The average Bonchev–Trinajstić information content (AvgIpc) is 3.03. The maximum Gasteiger partial charge on any atom is 0.277 e. The third-order valence-corrected chi connectivity index (χ3v) is 4.04. The van der Waals surface area contributed by atoms with Gasteiger partial charge in [-0.1, -0.05) is 39.8 Å². The molecule has 116 valence electrons. The van der Waals surface area contributed by atoms with E-state index in [-0.39, 0.29) is 11.7 Å². The van der Waals surface area contributed by atoms with Crippen LogP contribution >= 0.6 is 27.7 Å². The first-order valence-corrected chi connectivity index (χ1v) is 8.42. The lowest BCUT2D eigenvalue weighted by Gasteiger charge is -2.03. The summed E-state index contributed by atoms with van der Waals surface area (Å²) in [4.78, 5) is 16.1. The Kier molecular flexibility index (Phi) is 5.04. The molecule has 0 atom stereocenters. The summed E-state index contributed by atoms with van der Waals surface area (Å²) in [6.07, 6.45) is 1.65. The van der Waals surface area contributed by atoms with Gasteiger partial charge in [-0.2, -0.15) is 0 Å². The normalized spacial score (nSPS) is 10.5. The Morgan fingerprint density at radius 1 is 1.22 bits per heavy atom. The SMILES string of the molecule is O=C(CSc1nnc(-c2ccccn2)o1)Nc1cccc(Br)c1. The summed E-state index contributed by atoms with van der Waals surface area (Å²) >= 11 is 4.53. The molecule has 23 heavy (non-hydrogen) atoms. The number of halogens is 1. The van der Waals surface area contributed by atoms with Crippen LogP contribution in [0.4, 0.5) is 5.69 Å². The molecule has 8 heteroatoms. The van der Waals surface area contributed by atoms with Gasteiger partial charge in [0.25, 0.3) is 11.1 Å². The fourth-order valence-corrected chi connectivity index (χ4v) is 2.71. The highest BCUT2D eigenvalue weighted by atomic mass is 79.9. The lowest BCUT2D eigenvalue weighted by molar-refractivity contribution is -0.113. The summed E-state index contributed by atoms with van der Waals surface area (Å²) in [5.74, 6) is 0.363. The molecule has 0 radical (unpaired) electrons. The fraction of sp³-hybridized carbons (Fsp3) is 0.0667. The zero-order valence-electron chi connectivity index (χ0n) is 11.8. The summed E-state index contributed by atoms with van der Waals surface area (Å²) in [5, 5.41) is 11.0. The Labute approximate surface area is 144 Å². The Morgan fingerprint density at radius 3 is 2.91 bits per heavy atom. The zero-order valence-corrected chi connectivity index (χ0v) is 14.2. The summed E-state index contributed by atoms with van der Waals surface area (Å²) < 4.78 is 6.38. The molecule has 2 heterocycles. The number of amides is 1. The number of nitrogens with zero attached hydrogens (tertiary/aromatic N) is 3. The number of benzene rings is 1. The minimum Gasteiger partial charge on any atom is -0.410 e. The first kappa shape index (κ1) is 15.7. The monoisotopic (exact) mass is 390 g/mol. The Bertz CT molecular complexity index is 810. The van der Waals surface area contributed by atoms with Crippen LogP contribution in [0.2, 0.25) is 0 Å². The van der Waals surface area contributed by atoms with Gasteiger partial charge in [0.15, 0.2) is 0 Å². The lowest BCUT2D eigenvalue weighted by atomic mass is 10.3. The predicted octanol–water partition coefficient (Wildman–Crippen LogP) is 3.62. The molecule has 0 saturated carbocycles. The molecule has 2 aromatic heterocycles. The number of thioether (sulfide) groups is 1. The quantitative estimate of drug-likeness (QED) is 0.669. The van der Waals surface area contributed by atoms with Crippen LogP contribution in [0.25, 0.3) is 11.6 Å². The van der Waals surface area contributed by atoms with Crippen molar-refractivity contribution >= 4 is 39.3 Å². The van der Waals surface area contributed by atoms with Crippen molar-refractivity contribution in [3.05, 3.63) is 53.1 Å². The average molecular weight is 391 g/mol. The van der Waals surface area contributed by atoms with E-state index in [2.05, 4.69) is 36.4 Å². The van der Waals surface area contributed by atoms with Crippen molar-refractivity contribution in [1.29, 1.82) is 0 Å². The molecule has 0 aliphatic rings. The van der Waals surface area contributed by atoms with Gasteiger partial charge in [0.2, 0.25) is 5.91 Å². The first-order chi connectivity index (χ1) is 11.2. The summed E-state index contributed by atoms with van der Waals surface area (Å²) in [5.41, 5.74) is 1.33. The number of nitrogens with one attached hydrogen (secondary N) is 1. The number of pyridine rings is 1. The van der Waals surface area contributed by atoms with Crippen molar-refractivity contribution in [2.75, 3.05) is 11.1 Å². The molecular formula is C15H11BrN4O2S. The second kappa shape index (κ2) is 7.38. The largest absolute Gasteiger partial charge is 0.410 e. The summed E-state index contributed by atoms with van der Waals surface area (Å²) in [7, 11) is 0. The van der Waals surface area contributed by atoms with E-state index in [9.17, 15) is 4.79 Å². The summed E-state index contributed by atoms with van der Waals surface area (Å²) in [6, 6.07) is 12.8. The molecule has 6 nitrogen and oxygen atoms in total. The van der Waals surface area contributed by atoms with Crippen LogP contribution in [0.5, 0.6) is 0 Å². The molecule has 1 amide bonds. The first-order valence-electron chi connectivity index (χ1n) is 6.64. The van der Waals surface area contributed by atoms with Gasteiger partial charge in [0, 0.05) is 16.4 Å². The third kappa shape index (κ3) is 4.40. The topological polar surface area (TPSA) is 80.9 Å². The number of rotatable bonds is 5. The number of hydrogen-bond acceptors (Lipinski definition) is 6. The van der Waals surface area contributed by atoms with Crippen LogP contribution in [-0.4, -0.2) is 26.8 Å². The van der Waals surface area contributed by atoms with Crippen molar-refractivity contribution in [2.24, 2.45) is 0 Å². The van der Waals surface area contributed by atoms with E-state index in [1.54, 1.807) is 12.3 Å². The molecular weight excluding hydrogens is 380 g/mol. The van der Waals surface area contributed by atoms with E-state index in [0.29, 0.717) is 16.8 Å². The van der Waals surface area contributed by atoms with Gasteiger partial charge in [-0.3, -0.25) is 9.78 Å². The maximum atomic E-state index is 11.9. The number of carbonyl (C=O) groups excluding carboxylic acids is 1. The summed E-state index contributed by atoms with van der Waals surface area (Å²) in [6.45, 7) is 0. The molecule has 0 aliphatic carbocycles. The second-order valence-corrected chi connectivity index (χ2v) is 6.28. The predicted molar refractivity (Wildman–Crippen MR) is 91.0 cm³/mol. The molecule has 0 bridgehead atoms. The number of anilines is 1. The highest BCUT2D eigenvalue weighted by molar-refractivity contribution is 9.10. The van der Waals surface area contributed by atoms with E-state index < -0.39 is 0 Å². The second-order valence-electron chi connectivity index (χ2n) is 4.44. The molecule has 0 fully saturated rings. The van der Waals surface area contributed by atoms with Gasteiger partial charge in [0.1, 0.15) is 5.69 Å². The van der Waals surface area contributed by atoms with E-state index in [0.717, 1.165) is 10.2 Å². The molecule has 1 aromatic carbocycles. The molecule has 3 aromatic rings. The van der Waals surface area contributed by atoms with Crippen molar-refractivity contribution in [1.82, 2.24) is 15.2 Å². The molecule has 0 aliphatic heterocycles. The fourth-order valence-electron chi connectivity index (χ4n) is 1.75. The van der Waals surface area contributed by atoms with Gasteiger partial charge < -0.3 is 9.73 Å². The van der Waals surface area contributed by atoms with Crippen LogP contribution < -0.4 is 5.32 Å². The highest BCUT2D eigenvalue weighted by Gasteiger charge is 2.12. The Morgan fingerprint density at radius 2 is 2.13 bits per heavy atom. The smallest absolute Gasteiger partial charge is 0.277 e. The molecule has 0 saturated heterocycles. The lowest BCUT2D eigenvalue weighted by Crippen LogP contribution is -2.13. The molecule has 3 rings (SSSR count). The standard InChI is InChI=1S/C15H11BrN4O2S/c16-10-4-3-5-11(8-10)18-13(21)9-23-15-20-19-14(22-15)12-6-1-2-7-17-12/h1-8H,9H2,(H,18,21). The maximum absolute atomic E-state index is 11.9. The van der Waals surface area contributed by atoms with Gasteiger partial charge in [-0.15, -0.1) is 10.2 Å². The van der Waals surface area contributed by atoms with Crippen molar-refractivity contribution in [2.45, 2.75) is 5.22 Å². The number of hydrogen-bond donors (Lipinski definition) is 1. The van der Waals surface area contributed by atoms with Crippen LogP contribution in [0, 0.1) is 0 Å². The van der Waals surface area contributed by atoms with Gasteiger partial charge in [-0.25, -0.2) is 0 Å². The van der Waals surface area contributed by atoms with E-state index in [1.807, 2.05) is 36.4 Å². The minimum atomic E-state index is -0.148. The van der Waals surface area contributed by atoms with E-state index in [1.165, 1.54) is 11.8 Å². The van der Waals surface area contributed by atoms with Gasteiger partial charge in [0.05, 0.1) is 5.75 Å². The van der Waals surface area contributed by atoms with E-state index >= 15 is 0 Å². The van der Waals surface area contributed by atoms with Crippen LogP contribution in [0.15, 0.2) is 62.8 Å². The zero-order chi connectivity index (χ0) is 16.1. The molecule has 1 N–H and O–H groups in total. The highest BCUT2D eigenvalue weighted by Crippen LogP contribution is 2.22. The van der Waals surface area contributed by atoms with Crippen molar-refractivity contribution in [3.63, 3.8) is 0 Å². The molecule has 0 spiro atoms. The van der Waals surface area contributed by atoms with Crippen molar-refractivity contribution in [3.8, 4) is 11.6 Å². The Balaban J connectivity index is 1.56. The third-order valence-electron chi connectivity index (χ3n) is 2.73. The van der Waals surface area contributed by atoms with Crippen LogP contribution in [-0.2, 0) is 4.79 Å². The minimum absolute atomic E-state index is 0.148. The van der Waals surface area contributed by atoms with Gasteiger partial charge in [-0.05, 0) is 30.3 Å². The van der Waals surface area contributed by atoms with Crippen molar-refractivity contribution < 1.29 is 9.21 Å². The van der Waals surface area contributed by atoms with Gasteiger partial charge >= 0.3 is 0 Å². The number of aromatic nitrogens is 3. The van der Waals surface area contributed by atoms with E-state index in [4.69, 9.17) is 4.42 Å². The van der Waals surface area contributed by atoms with Crippen LogP contribution in [0.3, 0.4) is 0 Å². The Hall–Kier alpha value is -2.19. The number of carbonyl (C=O) groups is 1. The molecule has 0 unspecified atom stereocenters.